The van der Waals surface area contributed by atoms with E-state index in [-0.39, 0.29) is 17.4 Å². The molecule has 1 aliphatic carbocycles. The van der Waals surface area contributed by atoms with Gasteiger partial charge in [0.15, 0.2) is 0 Å². The molecule has 2 amide bonds. The highest BCUT2D eigenvalue weighted by atomic mass is 19.1. The first-order chi connectivity index (χ1) is 9.18. The molecule has 0 spiro atoms. The number of benzene rings is 1. The molecular weight excluding hydrogens is 247 g/mol. The SMILES string of the molecule is O=C(Nc1ccn[nH]1)NC1(c2ccc(F)cc2)CC1. The Morgan fingerprint density at radius 3 is 2.58 bits per heavy atom. The maximum atomic E-state index is 12.9. The highest BCUT2D eigenvalue weighted by molar-refractivity contribution is 5.89. The number of nitrogens with one attached hydrogen (secondary N) is 3. The van der Waals surface area contributed by atoms with Crippen molar-refractivity contribution in [1.82, 2.24) is 15.5 Å². The van der Waals surface area contributed by atoms with Gasteiger partial charge in [0.1, 0.15) is 11.6 Å². The van der Waals surface area contributed by atoms with Gasteiger partial charge in [-0.05, 0) is 30.5 Å². The van der Waals surface area contributed by atoms with Crippen LogP contribution in [0.15, 0.2) is 36.5 Å². The van der Waals surface area contributed by atoms with Gasteiger partial charge in [0, 0.05) is 6.07 Å². The Morgan fingerprint density at radius 2 is 2.00 bits per heavy atom. The van der Waals surface area contributed by atoms with Gasteiger partial charge < -0.3 is 5.32 Å². The molecular formula is C13H13FN4O. The van der Waals surface area contributed by atoms with Gasteiger partial charge in [-0.15, -0.1) is 0 Å². The minimum Gasteiger partial charge on any atom is -0.328 e. The van der Waals surface area contributed by atoms with Gasteiger partial charge >= 0.3 is 6.03 Å². The van der Waals surface area contributed by atoms with Crippen molar-refractivity contribution < 1.29 is 9.18 Å². The van der Waals surface area contributed by atoms with E-state index in [0.29, 0.717) is 5.82 Å². The number of urea groups is 1. The first-order valence-electron chi connectivity index (χ1n) is 6.03. The van der Waals surface area contributed by atoms with E-state index >= 15 is 0 Å². The zero-order chi connectivity index (χ0) is 13.3. The molecule has 0 unspecified atom stereocenters. The third kappa shape index (κ3) is 2.42. The van der Waals surface area contributed by atoms with Crippen molar-refractivity contribution in [1.29, 1.82) is 0 Å². The van der Waals surface area contributed by atoms with Gasteiger partial charge in [0.05, 0.1) is 11.7 Å². The fourth-order valence-electron chi connectivity index (χ4n) is 2.08. The number of hydrogen-bond acceptors (Lipinski definition) is 2. The topological polar surface area (TPSA) is 69.8 Å². The number of rotatable bonds is 3. The van der Waals surface area contributed by atoms with Crippen LogP contribution in [0, 0.1) is 5.82 Å². The van der Waals surface area contributed by atoms with Gasteiger partial charge in [0.25, 0.3) is 0 Å². The summed E-state index contributed by atoms with van der Waals surface area (Å²) in [5, 5.41) is 12.0. The summed E-state index contributed by atoms with van der Waals surface area (Å²) in [6.07, 6.45) is 3.27. The van der Waals surface area contributed by atoms with Crippen molar-refractivity contribution in [3.63, 3.8) is 0 Å². The quantitative estimate of drug-likeness (QED) is 0.792. The Morgan fingerprint density at radius 1 is 1.26 bits per heavy atom. The summed E-state index contributed by atoms with van der Waals surface area (Å²) in [6, 6.07) is 7.59. The fraction of sp³-hybridized carbons (Fsp3) is 0.231. The van der Waals surface area contributed by atoms with Crippen LogP contribution < -0.4 is 10.6 Å². The number of halogens is 1. The summed E-state index contributed by atoms with van der Waals surface area (Å²) < 4.78 is 12.9. The van der Waals surface area contributed by atoms with Crippen LogP contribution in [-0.2, 0) is 5.54 Å². The normalized spacial score (nSPS) is 15.8. The Bertz CT molecular complexity index is 575. The summed E-state index contributed by atoms with van der Waals surface area (Å²) in [5.74, 6) is 0.258. The summed E-state index contributed by atoms with van der Waals surface area (Å²) in [4.78, 5) is 11.9. The Balaban J connectivity index is 1.68. The molecule has 0 aliphatic heterocycles. The van der Waals surface area contributed by atoms with Gasteiger partial charge in [-0.1, -0.05) is 12.1 Å². The van der Waals surface area contributed by atoms with Gasteiger partial charge in [-0.2, -0.15) is 5.10 Å². The molecule has 1 fully saturated rings. The molecule has 1 saturated carbocycles. The summed E-state index contributed by atoms with van der Waals surface area (Å²) in [6.45, 7) is 0. The lowest BCUT2D eigenvalue weighted by atomic mass is 10.1. The van der Waals surface area contributed by atoms with E-state index < -0.39 is 0 Å². The molecule has 1 aliphatic rings. The number of anilines is 1. The van der Waals surface area contributed by atoms with Crippen molar-refractivity contribution in [2.75, 3.05) is 5.32 Å². The Kier molecular flexibility index (Phi) is 2.70. The molecule has 0 atom stereocenters. The van der Waals surface area contributed by atoms with E-state index in [1.807, 2.05) is 0 Å². The molecule has 0 radical (unpaired) electrons. The molecule has 2 aromatic rings. The lowest BCUT2D eigenvalue weighted by Gasteiger charge is -2.18. The lowest BCUT2D eigenvalue weighted by molar-refractivity contribution is 0.247. The second-order valence-corrected chi connectivity index (χ2v) is 4.64. The number of carbonyl (C=O) groups is 1. The number of aromatic amines is 1. The van der Waals surface area contributed by atoms with Crippen LogP contribution in [0.1, 0.15) is 18.4 Å². The number of aromatic nitrogens is 2. The van der Waals surface area contributed by atoms with Crippen LogP contribution in [0.4, 0.5) is 15.0 Å². The lowest BCUT2D eigenvalue weighted by Crippen LogP contribution is -2.38. The van der Waals surface area contributed by atoms with E-state index in [0.717, 1.165) is 18.4 Å². The van der Waals surface area contributed by atoms with E-state index in [4.69, 9.17) is 0 Å². The second kappa shape index (κ2) is 4.38. The highest BCUT2D eigenvalue weighted by Gasteiger charge is 2.45. The monoisotopic (exact) mass is 260 g/mol. The van der Waals surface area contributed by atoms with E-state index in [9.17, 15) is 9.18 Å². The standard InChI is InChI=1S/C13H13FN4O/c14-10-3-1-9(2-4-10)13(6-7-13)17-12(19)16-11-5-8-15-18-11/h1-5,8H,6-7H2,(H3,15,16,17,18,19). The average molecular weight is 260 g/mol. The third-order valence-corrected chi connectivity index (χ3v) is 3.25. The zero-order valence-electron chi connectivity index (χ0n) is 10.1. The fourth-order valence-corrected chi connectivity index (χ4v) is 2.08. The molecule has 5 nitrogen and oxygen atoms in total. The minimum atomic E-state index is -0.363. The molecule has 6 heteroatoms. The maximum absolute atomic E-state index is 12.9. The van der Waals surface area contributed by atoms with Crippen LogP contribution in [0.2, 0.25) is 0 Å². The summed E-state index contributed by atoms with van der Waals surface area (Å²) in [5.41, 5.74) is 0.561. The molecule has 0 bridgehead atoms. The number of H-pyrrole nitrogens is 1. The van der Waals surface area contributed by atoms with Gasteiger partial charge in [-0.3, -0.25) is 10.4 Å². The van der Waals surface area contributed by atoms with Crippen LogP contribution in [0.25, 0.3) is 0 Å². The number of carbonyl (C=O) groups excluding carboxylic acids is 1. The smallest absolute Gasteiger partial charge is 0.321 e. The molecule has 0 saturated heterocycles. The molecule has 1 aromatic carbocycles. The second-order valence-electron chi connectivity index (χ2n) is 4.64. The zero-order valence-corrected chi connectivity index (χ0v) is 10.1. The predicted octanol–water partition coefficient (Wildman–Crippen LogP) is 2.36. The molecule has 19 heavy (non-hydrogen) atoms. The number of hydrogen-bond donors (Lipinski definition) is 3. The molecule has 3 N–H and O–H groups in total. The summed E-state index contributed by atoms with van der Waals surface area (Å²) >= 11 is 0. The first-order valence-corrected chi connectivity index (χ1v) is 6.03. The Labute approximate surface area is 109 Å². The molecule has 1 aromatic heterocycles. The first kappa shape index (κ1) is 11.7. The maximum Gasteiger partial charge on any atom is 0.321 e. The van der Waals surface area contributed by atoms with Crippen LogP contribution >= 0.6 is 0 Å². The minimum absolute atomic E-state index is 0.276. The molecule has 3 rings (SSSR count). The van der Waals surface area contributed by atoms with Crippen molar-refractivity contribution in [2.24, 2.45) is 0 Å². The Hall–Kier alpha value is -2.37. The highest BCUT2D eigenvalue weighted by Crippen LogP contribution is 2.45. The molecule has 1 heterocycles. The molecule has 98 valence electrons. The predicted molar refractivity (Wildman–Crippen MR) is 68.1 cm³/mol. The van der Waals surface area contributed by atoms with Crippen molar-refractivity contribution in [3.8, 4) is 0 Å². The number of amides is 2. The van der Waals surface area contributed by atoms with E-state index in [1.165, 1.54) is 12.1 Å². The van der Waals surface area contributed by atoms with Gasteiger partial charge in [-0.25, -0.2) is 9.18 Å². The van der Waals surface area contributed by atoms with Crippen LogP contribution in [-0.4, -0.2) is 16.2 Å². The van der Waals surface area contributed by atoms with Crippen molar-refractivity contribution in [3.05, 3.63) is 47.9 Å². The number of nitrogens with zero attached hydrogens (tertiary/aromatic N) is 1. The van der Waals surface area contributed by atoms with Crippen LogP contribution in [0.5, 0.6) is 0 Å². The average Bonchev–Trinajstić information content (AvgIpc) is 2.98. The van der Waals surface area contributed by atoms with E-state index in [2.05, 4.69) is 20.8 Å². The van der Waals surface area contributed by atoms with Crippen molar-refractivity contribution in [2.45, 2.75) is 18.4 Å². The van der Waals surface area contributed by atoms with Crippen LogP contribution in [0.3, 0.4) is 0 Å². The third-order valence-electron chi connectivity index (χ3n) is 3.25. The largest absolute Gasteiger partial charge is 0.328 e. The van der Waals surface area contributed by atoms with E-state index in [1.54, 1.807) is 24.4 Å². The summed E-state index contributed by atoms with van der Waals surface area (Å²) in [7, 11) is 0. The van der Waals surface area contributed by atoms with Gasteiger partial charge in [0.2, 0.25) is 0 Å². The van der Waals surface area contributed by atoms with Crippen molar-refractivity contribution >= 4 is 11.8 Å².